The average molecular weight is 384 g/mol. The molecule has 0 saturated carbocycles. The average Bonchev–Trinajstić information content (AvgIpc) is 3.09. The fourth-order valence-corrected chi connectivity index (χ4v) is 4.96. The number of thiazole rings is 1. The number of thioether (sulfide) groups is 1. The number of carbonyl (C=O) groups is 1. The Morgan fingerprint density at radius 1 is 1.31 bits per heavy atom. The van der Waals surface area contributed by atoms with Crippen LogP contribution in [0.2, 0.25) is 0 Å². The summed E-state index contributed by atoms with van der Waals surface area (Å²) in [7, 11) is 0. The number of carbonyl (C=O) groups excluding carboxylic acids is 1. The zero-order chi connectivity index (χ0) is 17.9. The van der Waals surface area contributed by atoms with Crippen molar-refractivity contribution in [2.75, 3.05) is 18.1 Å². The minimum atomic E-state index is 0.0286. The van der Waals surface area contributed by atoms with Gasteiger partial charge in [0.25, 0.3) is 0 Å². The Balaban J connectivity index is 1.38. The van der Waals surface area contributed by atoms with Crippen LogP contribution in [0.25, 0.3) is 10.2 Å². The summed E-state index contributed by atoms with van der Waals surface area (Å²) in [5, 5.41) is 6.42. The Hall–Kier alpha value is -2.05. The molecule has 0 fully saturated rings. The van der Waals surface area contributed by atoms with Gasteiger partial charge in [0.1, 0.15) is 0 Å². The highest BCUT2D eigenvalue weighted by atomic mass is 32.2. The van der Waals surface area contributed by atoms with E-state index in [4.69, 9.17) is 0 Å². The lowest BCUT2D eigenvalue weighted by molar-refractivity contribution is -0.120. The number of anilines is 1. The van der Waals surface area contributed by atoms with Gasteiger partial charge >= 0.3 is 0 Å². The Morgan fingerprint density at radius 2 is 2.19 bits per heavy atom. The standard InChI is InChI=1S/C20H21N3OS2/c1-25-20-23-17-10-9-14(11-18(17)26-20)21-12-19(24)22-16-8-4-6-13-5-2-3-7-15(13)16/h2-3,5,7,9-11,16,21H,4,6,8,12H2,1H3,(H,22,24)/t16-/m0/s1. The van der Waals surface area contributed by atoms with Gasteiger partial charge in [0.05, 0.1) is 22.8 Å². The summed E-state index contributed by atoms with van der Waals surface area (Å²) >= 11 is 3.33. The predicted octanol–water partition coefficient (Wildman–Crippen LogP) is 4.62. The van der Waals surface area contributed by atoms with E-state index in [-0.39, 0.29) is 18.5 Å². The van der Waals surface area contributed by atoms with Crippen LogP contribution in [0.5, 0.6) is 0 Å². The molecular formula is C20H21N3OS2. The van der Waals surface area contributed by atoms with Gasteiger partial charge in [-0.1, -0.05) is 36.0 Å². The fraction of sp³-hybridized carbons (Fsp3) is 0.300. The summed E-state index contributed by atoms with van der Waals surface area (Å²) in [6, 6.07) is 14.6. The van der Waals surface area contributed by atoms with Crippen LogP contribution in [0, 0.1) is 0 Å². The molecule has 0 unspecified atom stereocenters. The maximum atomic E-state index is 12.4. The molecule has 0 spiro atoms. The van der Waals surface area contributed by atoms with Crippen LogP contribution in [-0.2, 0) is 11.2 Å². The van der Waals surface area contributed by atoms with Crippen LogP contribution < -0.4 is 10.6 Å². The number of nitrogens with one attached hydrogen (secondary N) is 2. The lowest BCUT2D eigenvalue weighted by atomic mass is 9.88. The van der Waals surface area contributed by atoms with E-state index >= 15 is 0 Å². The number of benzene rings is 2. The smallest absolute Gasteiger partial charge is 0.239 e. The van der Waals surface area contributed by atoms with Crippen LogP contribution >= 0.6 is 23.1 Å². The minimum absolute atomic E-state index is 0.0286. The second-order valence-electron chi connectivity index (χ2n) is 6.43. The summed E-state index contributed by atoms with van der Waals surface area (Å²) in [5.74, 6) is 0.0286. The van der Waals surface area contributed by atoms with Crippen molar-refractivity contribution in [3.63, 3.8) is 0 Å². The third-order valence-electron chi connectivity index (χ3n) is 4.70. The SMILES string of the molecule is CSc1nc2ccc(NCC(=O)N[C@H]3CCCc4ccccc43)cc2s1. The first-order chi connectivity index (χ1) is 12.7. The Kier molecular flexibility index (Phi) is 5.13. The molecule has 134 valence electrons. The van der Waals surface area contributed by atoms with E-state index in [2.05, 4.69) is 45.9 Å². The highest BCUT2D eigenvalue weighted by molar-refractivity contribution is 8.00. The van der Waals surface area contributed by atoms with E-state index in [9.17, 15) is 4.79 Å². The molecule has 2 aromatic carbocycles. The predicted molar refractivity (Wildman–Crippen MR) is 110 cm³/mol. The fourth-order valence-electron chi connectivity index (χ4n) is 3.43. The summed E-state index contributed by atoms with van der Waals surface area (Å²) in [6.45, 7) is 0.276. The maximum Gasteiger partial charge on any atom is 0.239 e. The number of amides is 1. The highest BCUT2D eigenvalue weighted by Crippen LogP contribution is 2.30. The molecule has 26 heavy (non-hydrogen) atoms. The Labute approximate surface area is 161 Å². The van der Waals surface area contributed by atoms with E-state index in [1.54, 1.807) is 23.1 Å². The van der Waals surface area contributed by atoms with Crippen molar-refractivity contribution in [3.8, 4) is 0 Å². The van der Waals surface area contributed by atoms with Crippen LogP contribution in [0.3, 0.4) is 0 Å². The molecule has 1 atom stereocenters. The van der Waals surface area contributed by atoms with E-state index in [1.165, 1.54) is 11.1 Å². The number of aryl methyl sites for hydroxylation is 1. The molecule has 1 heterocycles. The van der Waals surface area contributed by atoms with Crippen molar-refractivity contribution in [2.24, 2.45) is 0 Å². The maximum absolute atomic E-state index is 12.4. The molecule has 3 aromatic rings. The van der Waals surface area contributed by atoms with Gasteiger partial charge in [-0.15, -0.1) is 11.3 Å². The van der Waals surface area contributed by atoms with Gasteiger partial charge in [0.2, 0.25) is 5.91 Å². The number of fused-ring (bicyclic) bond motifs is 2. The minimum Gasteiger partial charge on any atom is -0.376 e. The third kappa shape index (κ3) is 3.71. The quantitative estimate of drug-likeness (QED) is 0.631. The number of rotatable bonds is 5. The van der Waals surface area contributed by atoms with Crippen LogP contribution in [0.15, 0.2) is 46.8 Å². The zero-order valence-electron chi connectivity index (χ0n) is 14.6. The van der Waals surface area contributed by atoms with Crippen molar-refractivity contribution < 1.29 is 4.79 Å². The van der Waals surface area contributed by atoms with Gasteiger partial charge in [-0.2, -0.15) is 0 Å². The second kappa shape index (κ2) is 7.68. The van der Waals surface area contributed by atoms with Crippen molar-refractivity contribution in [1.29, 1.82) is 0 Å². The van der Waals surface area contributed by atoms with Gasteiger partial charge in [0, 0.05) is 5.69 Å². The normalized spacial score (nSPS) is 16.3. The molecule has 6 heteroatoms. The molecule has 2 N–H and O–H groups in total. The molecule has 0 bridgehead atoms. The molecule has 1 amide bonds. The van der Waals surface area contributed by atoms with E-state index in [1.807, 2.05) is 18.4 Å². The van der Waals surface area contributed by atoms with Gasteiger partial charge in [-0.05, 0) is 54.8 Å². The van der Waals surface area contributed by atoms with E-state index in [0.717, 1.165) is 39.5 Å². The molecule has 4 rings (SSSR count). The third-order valence-corrected chi connectivity index (χ3v) is 6.70. The van der Waals surface area contributed by atoms with E-state index in [0.29, 0.717) is 0 Å². The monoisotopic (exact) mass is 383 g/mol. The summed E-state index contributed by atoms with van der Waals surface area (Å²) in [6.07, 6.45) is 5.26. The molecule has 0 saturated heterocycles. The summed E-state index contributed by atoms with van der Waals surface area (Å²) < 4.78 is 2.20. The number of hydrogen-bond donors (Lipinski definition) is 2. The van der Waals surface area contributed by atoms with Crippen LogP contribution in [0.4, 0.5) is 5.69 Å². The van der Waals surface area contributed by atoms with Gasteiger partial charge in [0.15, 0.2) is 4.34 Å². The number of hydrogen-bond acceptors (Lipinski definition) is 5. The summed E-state index contributed by atoms with van der Waals surface area (Å²) in [4.78, 5) is 17.0. The highest BCUT2D eigenvalue weighted by Gasteiger charge is 2.21. The largest absolute Gasteiger partial charge is 0.376 e. The Morgan fingerprint density at radius 3 is 3.08 bits per heavy atom. The zero-order valence-corrected chi connectivity index (χ0v) is 16.3. The number of nitrogens with zero attached hydrogens (tertiary/aromatic N) is 1. The first-order valence-electron chi connectivity index (χ1n) is 8.78. The number of aromatic nitrogens is 1. The Bertz CT molecular complexity index is 938. The van der Waals surface area contributed by atoms with Crippen LogP contribution in [0.1, 0.15) is 30.0 Å². The van der Waals surface area contributed by atoms with E-state index < -0.39 is 0 Å². The van der Waals surface area contributed by atoms with Crippen molar-refractivity contribution >= 4 is 44.9 Å². The molecule has 1 aromatic heterocycles. The lowest BCUT2D eigenvalue weighted by Gasteiger charge is -2.26. The van der Waals surface area contributed by atoms with Gasteiger partial charge < -0.3 is 10.6 Å². The van der Waals surface area contributed by atoms with Gasteiger partial charge in [-0.25, -0.2) is 4.98 Å². The molecule has 1 aliphatic rings. The first-order valence-corrected chi connectivity index (χ1v) is 10.8. The topological polar surface area (TPSA) is 54.0 Å². The van der Waals surface area contributed by atoms with Gasteiger partial charge in [-0.3, -0.25) is 4.79 Å². The first kappa shape index (κ1) is 17.4. The summed E-state index contributed by atoms with van der Waals surface area (Å²) in [5.41, 5.74) is 4.58. The molecule has 4 nitrogen and oxygen atoms in total. The van der Waals surface area contributed by atoms with Crippen LogP contribution in [-0.4, -0.2) is 23.7 Å². The van der Waals surface area contributed by atoms with Crippen molar-refractivity contribution in [3.05, 3.63) is 53.6 Å². The molecular weight excluding hydrogens is 362 g/mol. The molecule has 0 aliphatic heterocycles. The molecule has 1 aliphatic carbocycles. The van der Waals surface area contributed by atoms with Crippen molar-refractivity contribution in [1.82, 2.24) is 10.3 Å². The lowest BCUT2D eigenvalue weighted by Crippen LogP contribution is -2.35. The second-order valence-corrected chi connectivity index (χ2v) is 8.52. The molecule has 0 radical (unpaired) electrons. The van der Waals surface area contributed by atoms with Crippen molar-refractivity contribution in [2.45, 2.75) is 29.6 Å².